The summed E-state index contributed by atoms with van der Waals surface area (Å²) in [5, 5.41) is 0. The Labute approximate surface area is 120 Å². The van der Waals surface area contributed by atoms with E-state index in [0.717, 1.165) is 48.0 Å². The zero-order chi connectivity index (χ0) is 14.2. The predicted octanol–water partition coefficient (Wildman–Crippen LogP) is 4.59. The van der Waals surface area contributed by atoms with Gasteiger partial charge in [0.25, 0.3) is 0 Å². The van der Waals surface area contributed by atoms with Crippen molar-refractivity contribution in [2.45, 2.75) is 65.5 Å². The monoisotopic (exact) mass is 284 g/mol. The highest BCUT2D eigenvalue weighted by Crippen LogP contribution is 2.61. The van der Waals surface area contributed by atoms with Gasteiger partial charge in [0.05, 0.1) is 0 Å². The van der Waals surface area contributed by atoms with E-state index >= 15 is 0 Å². The van der Waals surface area contributed by atoms with Crippen molar-refractivity contribution in [3.63, 3.8) is 0 Å². The third-order valence-electron chi connectivity index (χ3n) is 6.09. The molecule has 0 radical (unpaired) electrons. The first-order valence-electron chi connectivity index (χ1n) is 8.25. The molecule has 0 saturated heterocycles. The van der Waals surface area contributed by atoms with E-state index in [1.165, 1.54) is 12.8 Å². The Balaban J connectivity index is 2.21. The zero-order valence-electron chi connectivity index (χ0n) is 13.6. The fraction of sp³-hybridized carbons (Fsp3) is 1.00. The molecule has 2 aliphatic carbocycles. The standard InChI is InChI=1S/C16H32O2Si/c1-7-17-19(18-8-2,15-9-11(3)13(15)5)16-10-12(4)14(16)6/h11-16H,7-10H2,1-6H3. The lowest BCUT2D eigenvalue weighted by Crippen LogP contribution is -2.62. The Morgan fingerprint density at radius 2 is 1.16 bits per heavy atom. The lowest BCUT2D eigenvalue weighted by atomic mass is 9.75. The molecule has 3 heteroatoms. The first kappa shape index (κ1) is 15.5. The second-order valence-electron chi connectivity index (χ2n) is 6.94. The van der Waals surface area contributed by atoms with Crippen LogP contribution in [0.25, 0.3) is 0 Å². The Morgan fingerprint density at radius 3 is 1.37 bits per heavy atom. The van der Waals surface area contributed by atoms with E-state index in [0.29, 0.717) is 0 Å². The number of hydrogen-bond donors (Lipinski definition) is 0. The van der Waals surface area contributed by atoms with Gasteiger partial charge in [0.15, 0.2) is 0 Å². The Morgan fingerprint density at radius 1 is 0.789 bits per heavy atom. The molecule has 0 aliphatic heterocycles. The van der Waals surface area contributed by atoms with Crippen LogP contribution < -0.4 is 0 Å². The third-order valence-corrected chi connectivity index (χ3v) is 11.2. The van der Waals surface area contributed by atoms with Crippen molar-refractivity contribution in [2.24, 2.45) is 23.7 Å². The van der Waals surface area contributed by atoms with Crippen LogP contribution in [0, 0.1) is 23.7 Å². The molecule has 6 atom stereocenters. The first-order chi connectivity index (χ1) is 8.97. The highest BCUT2D eigenvalue weighted by molar-refractivity contribution is 6.71. The van der Waals surface area contributed by atoms with E-state index in [2.05, 4.69) is 41.5 Å². The van der Waals surface area contributed by atoms with Crippen LogP contribution in [0.5, 0.6) is 0 Å². The molecule has 112 valence electrons. The van der Waals surface area contributed by atoms with Crippen molar-refractivity contribution < 1.29 is 8.85 Å². The quantitative estimate of drug-likeness (QED) is 0.664. The van der Waals surface area contributed by atoms with Gasteiger partial charge in [-0.05, 0) is 50.4 Å². The number of hydrogen-bond acceptors (Lipinski definition) is 2. The minimum atomic E-state index is -2.04. The Kier molecular flexibility index (Phi) is 4.79. The van der Waals surface area contributed by atoms with Gasteiger partial charge in [-0.2, -0.15) is 0 Å². The first-order valence-corrected chi connectivity index (χ1v) is 10.2. The third kappa shape index (κ3) is 2.42. The summed E-state index contributed by atoms with van der Waals surface area (Å²) in [5.41, 5.74) is 1.45. The van der Waals surface area contributed by atoms with Gasteiger partial charge in [-0.25, -0.2) is 0 Å². The molecule has 0 amide bonds. The van der Waals surface area contributed by atoms with Crippen LogP contribution in [-0.4, -0.2) is 21.8 Å². The van der Waals surface area contributed by atoms with Gasteiger partial charge in [-0.1, -0.05) is 27.7 Å². The summed E-state index contributed by atoms with van der Waals surface area (Å²) in [5.74, 6) is 3.27. The molecule has 6 unspecified atom stereocenters. The molecule has 0 aromatic carbocycles. The van der Waals surface area contributed by atoms with Crippen LogP contribution in [0.3, 0.4) is 0 Å². The van der Waals surface area contributed by atoms with Crippen molar-refractivity contribution in [3.8, 4) is 0 Å². The molecule has 0 aromatic rings. The average Bonchev–Trinajstić information content (AvgIpc) is 2.41. The van der Waals surface area contributed by atoms with Crippen molar-refractivity contribution in [1.82, 2.24) is 0 Å². The van der Waals surface area contributed by atoms with Gasteiger partial charge in [0.2, 0.25) is 0 Å². The molecular weight excluding hydrogens is 252 g/mol. The van der Waals surface area contributed by atoms with Crippen LogP contribution in [-0.2, 0) is 8.85 Å². The van der Waals surface area contributed by atoms with Gasteiger partial charge in [-0.3, -0.25) is 0 Å². The molecule has 2 fully saturated rings. The Bertz CT molecular complexity index is 277. The summed E-state index contributed by atoms with van der Waals surface area (Å²) in [6.07, 6.45) is 2.65. The molecule has 0 N–H and O–H groups in total. The Hall–Kier alpha value is 0.137. The van der Waals surface area contributed by atoms with Gasteiger partial charge >= 0.3 is 8.56 Å². The molecule has 0 bridgehead atoms. The molecule has 0 spiro atoms. The smallest absolute Gasteiger partial charge is 0.345 e. The normalized spacial score (nSPS) is 42.6. The van der Waals surface area contributed by atoms with Gasteiger partial charge in [0.1, 0.15) is 0 Å². The van der Waals surface area contributed by atoms with E-state index in [1.54, 1.807) is 0 Å². The summed E-state index contributed by atoms with van der Waals surface area (Å²) >= 11 is 0. The predicted molar refractivity (Wildman–Crippen MR) is 82.4 cm³/mol. The SMILES string of the molecule is CCO[Si](OCC)(C1CC(C)C1C)C1CC(C)C1C. The lowest BCUT2D eigenvalue weighted by Gasteiger charge is -2.57. The molecule has 0 aromatic heterocycles. The zero-order valence-corrected chi connectivity index (χ0v) is 14.6. The number of rotatable bonds is 6. The maximum absolute atomic E-state index is 6.43. The van der Waals surface area contributed by atoms with Crippen LogP contribution >= 0.6 is 0 Å². The highest BCUT2D eigenvalue weighted by Gasteiger charge is 2.63. The fourth-order valence-corrected chi connectivity index (χ4v) is 10.2. The van der Waals surface area contributed by atoms with Crippen molar-refractivity contribution in [3.05, 3.63) is 0 Å². The lowest BCUT2D eigenvalue weighted by molar-refractivity contribution is 0.0662. The van der Waals surface area contributed by atoms with Crippen LogP contribution in [0.1, 0.15) is 54.4 Å². The van der Waals surface area contributed by atoms with Crippen molar-refractivity contribution >= 4 is 8.56 Å². The maximum atomic E-state index is 6.43. The van der Waals surface area contributed by atoms with E-state index in [4.69, 9.17) is 8.85 Å². The highest BCUT2D eigenvalue weighted by atomic mass is 28.4. The van der Waals surface area contributed by atoms with Crippen LogP contribution in [0.15, 0.2) is 0 Å². The summed E-state index contributed by atoms with van der Waals surface area (Å²) < 4.78 is 12.9. The van der Waals surface area contributed by atoms with Crippen molar-refractivity contribution in [1.29, 1.82) is 0 Å². The van der Waals surface area contributed by atoms with Gasteiger partial charge in [0, 0.05) is 24.3 Å². The van der Waals surface area contributed by atoms with E-state index < -0.39 is 8.56 Å². The second-order valence-corrected chi connectivity index (χ2v) is 10.4. The molecule has 2 saturated carbocycles. The van der Waals surface area contributed by atoms with Crippen LogP contribution in [0.4, 0.5) is 0 Å². The summed E-state index contributed by atoms with van der Waals surface area (Å²) in [6.45, 7) is 15.5. The molecule has 19 heavy (non-hydrogen) atoms. The largest absolute Gasteiger partial charge is 0.394 e. The summed E-state index contributed by atoms with van der Waals surface area (Å²) in [7, 11) is -2.04. The molecule has 2 rings (SSSR count). The minimum Gasteiger partial charge on any atom is -0.394 e. The molecule has 2 nitrogen and oxygen atoms in total. The molecular formula is C16H32O2Si. The van der Waals surface area contributed by atoms with E-state index in [9.17, 15) is 0 Å². The summed E-state index contributed by atoms with van der Waals surface area (Å²) in [6, 6.07) is 0. The second kappa shape index (κ2) is 5.86. The van der Waals surface area contributed by atoms with E-state index in [1.807, 2.05) is 0 Å². The van der Waals surface area contributed by atoms with Crippen molar-refractivity contribution in [2.75, 3.05) is 13.2 Å². The topological polar surface area (TPSA) is 18.5 Å². The maximum Gasteiger partial charge on any atom is 0.345 e. The molecule has 2 aliphatic rings. The minimum absolute atomic E-state index is 0.724. The fourth-order valence-electron chi connectivity index (χ4n) is 4.32. The van der Waals surface area contributed by atoms with Gasteiger partial charge in [-0.15, -0.1) is 0 Å². The van der Waals surface area contributed by atoms with Crippen LogP contribution in [0.2, 0.25) is 11.1 Å². The summed E-state index contributed by atoms with van der Waals surface area (Å²) in [4.78, 5) is 0. The van der Waals surface area contributed by atoms with Gasteiger partial charge < -0.3 is 8.85 Å². The van der Waals surface area contributed by atoms with E-state index in [-0.39, 0.29) is 0 Å². The average molecular weight is 285 g/mol. The molecule has 0 heterocycles.